The molecule has 0 unspecified atom stereocenters. The van der Waals surface area contributed by atoms with Crippen molar-refractivity contribution in [3.05, 3.63) is 22.5 Å². The van der Waals surface area contributed by atoms with E-state index in [1.165, 1.54) is 18.4 Å². The van der Waals surface area contributed by atoms with Crippen LogP contribution >= 0.6 is 11.3 Å². The molecule has 0 spiro atoms. The fourth-order valence-electron chi connectivity index (χ4n) is 1.68. The zero-order valence-electron chi connectivity index (χ0n) is 9.19. The third-order valence-electron chi connectivity index (χ3n) is 2.39. The second-order valence-corrected chi connectivity index (χ2v) is 4.26. The molecule has 0 saturated heterocycles. The van der Waals surface area contributed by atoms with Crippen LogP contribution in [0.2, 0.25) is 0 Å². The van der Waals surface area contributed by atoms with Crippen LogP contribution in [0.25, 0.3) is 4.96 Å². The molecule has 0 saturated carbocycles. The third-order valence-corrected chi connectivity index (χ3v) is 3.26. The first kappa shape index (κ1) is 11.1. The summed E-state index contributed by atoms with van der Waals surface area (Å²) in [6.07, 6.45) is 0.722. The van der Waals surface area contributed by atoms with Gasteiger partial charge >= 0.3 is 5.97 Å². The minimum Gasteiger partial charge on any atom is -0.464 e. The number of ether oxygens (including phenoxy) is 1. The second-order valence-electron chi connectivity index (χ2n) is 3.42. The third kappa shape index (κ3) is 1.60. The fourth-order valence-corrected chi connectivity index (χ4v) is 2.65. The first-order valence-corrected chi connectivity index (χ1v) is 5.80. The maximum atomic E-state index is 11.7. The molecule has 2 aromatic heterocycles. The summed E-state index contributed by atoms with van der Waals surface area (Å²) >= 11 is 1.51. The molecule has 0 fully saturated rings. The highest BCUT2D eigenvalue weighted by molar-refractivity contribution is 7.15. The van der Waals surface area contributed by atoms with Crippen LogP contribution in [0.4, 0.5) is 0 Å². The molecule has 6 heteroatoms. The van der Waals surface area contributed by atoms with Gasteiger partial charge in [-0.05, 0) is 13.5 Å². The van der Waals surface area contributed by atoms with E-state index < -0.39 is 0 Å². The molecule has 0 atom stereocenters. The highest BCUT2D eigenvalue weighted by Crippen LogP contribution is 2.21. The van der Waals surface area contributed by atoms with E-state index in [0.717, 1.165) is 17.1 Å². The van der Waals surface area contributed by atoms with Gasteiger partial charge in [0.25, 0.3) is 0 Å². The first-order valence-electron chi connectivity index (χ1n) is 4.92. The summed E-state index contributed by atoms with van der Waals surface area (Å²) in [6, 6.07) is 0. The lowest BCUT2D eigenvalue weighted by atomic mass is 10.3. The van der Waals surface area contributed by atoms with Crippen LogP contribution in [-0.2, 0) is 11.2 Å². The summed E-state index contributed by atoms with van der Waals surface area (Å²) in [7, 11) is 1.37. The van der Waals surface area contributed by atoms with E-state index in [0.29, 0.717) is 17.9 Å². The van der Waals surface area contributed by atoms with Crippen molar-refractivity contribution in [2.75, 3.05) is 13.7 Å². The van der Waals surface area contributed by atoms with Crippen molar-refractivity contribution in [1.29, 1.82) is 0 Å². The van der Waals surface area contributed by atoms with Gasteiger partial charge in [-0.2, -0.15) is 0 Å². The Balaban J connectivity index is 2.64. The average molecular weight is 239 g/mol. The number of rotatable bonds is 3. The predicted molar refractivity (Wildman–Crippen MR) is 61.9 cm³/mol. The van der Waals surface area contributed by atoms with E-state index in [2.05, 4.69) is 4.98 Å². The van der Waals surface area contributed by atoms with Gasteiger partial charge in [0.2, 0.25) is 0 Å². The van der Waals surface area contributed by atoms with Gasteiger partial charge in [-0.25, -0.2) is 9.78 Å². The largest absolute Gasteiger partial charge is 0.464 e. The van der Waals surface area contributed by atoms with Crippen LogP contribution < -0.4 is 5.73 Å². The highest BCUT2D eigenvalue weighted by Gasteiger charge is 2.20. The topological polar surface area (TPSA) is 69.6 Å². The van der Waals surface area contributed by atoms with Gasteiger partial charge in [0.05, 0.1) is 12.8 Å². The Labute approximate surface area is 96.8 Å². The van der Waals surface area contributed by atoms with Gasteiger partial charge in [-0.1, -0.05) is 0 Å². The Hall–Kier alpha value is -1.40. The zero-order valence-corrected chi connectivity index (χ0v) is 10.0. The van der Waals surface area contributed by atoms with E-state index in [1.807, 2.05) is 9.78 Å². The Bertz CT molecular complexity index is 529. The molecule has 5 nitrogen and oxygen atoms in total. The smallest absolute Gasteiger partial charge is 0.357 e. The van der Waals surface area contributed by atoms with Crippen LogP contribution in [0.15, 0.2) is 5.38 Å². The monoisotopic (exact) mass is 239 g/mol. The lowest BCUT2D eigenvalue weighted by Gasteiger charge is -2.02. The summed E-state index contributed by atoms with van der Waals surface area (Å²) in [4.78, 5) is 16.8. The number of carbonyl (C=O) groups excluding carboxylic acids is 1. The summed E-state index contributed by atoms with van der Waals surface area (Å²) in [5.41, 5.74) is 7.73. The van der Waals surface area contributed by atoms with E-state index in [4.69, 9.17) is 10.5 Å². The Kier molecular flexibility index (Phi) is 2.93. The second kappa shape index (κ2) is 4.23. The number of nitrogens with zero attached hydrogens (tertiary/aromatic N) is 2. The standard InChI is InChI=1S/C10H13N3O2S/c1-6-8(9(14)15-2)13-7(3-4-11)5-16-10(13)12-6/h5H,3-4,11H2,1-2H3. The number of nitrogens with two attached hydrogens (primary N) is 1. The fraction of sp³-hybridized carbons (Fsp3) is 0.400. The van der Waals surface area contributed by atoms with Crippen LogP contribution in [0, 0.1) is 6.92 Å². The number of carbonyl (C=O) groups is 1. The molecule has 2 N–H and O–H groups in total. The van der Waals surface area contributed by atoms with E-state index in [9.17, 15) is 4.79 Å². The van der Waals surface area contributed by atoms with Crippen LogP contribution in [0.5, 0.6) is 0 Å². The number of hydrogen-bond donors (Lipinski definition) is 1. The Morgan fingerprint density at radius 2 is 2.44 bits per heavy atom. The molecule has 16 heavy (non-hydrogen) atoms. The molecule has 0 bridgehead atoms. The van der Waals surface area contributed by atoms with Crippen molar-refractivity contribution in [2.45, 2.75) is 13.3 Å². The number of aromatic nitrogens is 2. The number of fused-ring (bicyclic) bond motifs is 1. The predicted octanol–water partition coefficient (Wildman–Crippen LogP) is 0.992. The van der Waals surface area contributed by atoms with Crippen molar-refractivity contribution in [1.82, 2.24) is 9.38 Å². The molecule has 0 aliphatic rings. The zero-order chi connectivity index (χ0) is 11.7. The number of hydrogen-bond acceptors (Lipinski definition) is 5. The van der Waals surface area contributed by atoms with Crippen LogP contribution in [0.3, 0.4) is 0 Å². The van der Waals surface area contributed by atoms with Crippen molar-refractivity contribution in [3.63, 3.8) is 0 Å². The van der Waals surface area contributed by atoms with Crippen LogP contribution in [0.1, 0.15) is 21.9 Å². The summed E-state index contributed by atoms with van der Waals surface area (Å²) < 4.78 is 6.59. The van der Waals surface area contributed by atoms with E-state index in [1.54, 1.807) is 6.92 Å². The SMILES string of the molecule is COC(=O)c1c(C)nc2scc(CCN)n12. The Morgan fingerprint density at radius 1 is 1.69 bits per heavy atom. The van der Waals surface area contributed by atoms with Crippen LogP contribution in [-0.4, -0.2) is 29.0 Å². The molecular formula is C10H13N3O2S. The summed E-state index contributed by atoms with van der Waals surface area (Å²) in [5.74, 6) is -0.360. The minimum atomic E-state index is -0.360. The van der Waals surface area contributed by atoms with E-state index >= 15 is 0 Å². The molecular weight excluding hydrogens is 226 g/mol. The maximum absolute atomic E-state index is 11.7. The van der Waals surface area contributed by atoms with Gasteiger partial charge < -0.3 is 10.5 Å². The molecule has 0 aliphatic heterocycles. The quantitative estimate of drug-likeness (QED) is 0.811. The lowest BCUT2D eigenvalue weighted by Crippen LogP contribution is -2.11. The molecule has 0 radical (unpaired) electrons. The summed E-state index contributed by atoms with van der Waals surface area (Å²) in [5, 5.41) is 1.97. The average Bonchev–Trinajstić information content (AvgIpc) is 2.77. The molecule has 0 aromatic carbocycles. The Morgan fingerprint density at radius 3 is 3.06 bits per heavy atom. The number of esters is 1. The number of imidazole rings is 1. The maximum Gasteiger partial charge on any atom is 0.357 e. The molecule has 0 amide bonds. The number of methoxy groups -OCH3 is 1. The van der Waals surface area contributed by atoms with Gasteiger partial charge in [0, 0.05) is 17.5 Å². The van der Waals surface area contributed by atoms with Crippen molar-refractivity contribution < 1.29 is 9.53 Å². The van der Waals surface area contributed by atoms with Gasteiger partial charge in [-0.3, -0.25) is 4.40 Å². The summed E-state index contributed by atoms with van der Waals surface area (Å²) in [6.45, 7) is 2.35. The lowest BCUT2D eigenvalue weighted by molar-refractivity contribution is 0.0591. The molecule has 2 aromatic rings. The molecule has 2 rings (SSSR count). The van der Waals surface area contributed by atoms with Gasteiger partial charge in [-0.15, -0.1) is 11.3 Å². The molecule has 86 valence electrons. The number of aryl methyl sites for hydroxylation is 1. The van der Waals surface area contributed by atoms with Crippen molar-refractivity contribution in [2.24, 2.45) is 5.73 Å². The number of thiazole rings is 1. The van der Waals surface area contributed by atoms with Gasteiger partial charge in [0.15, 0.2) is 10.7 Å². The van der Waals surface area contributed by atoms with Gasteiger partial charge in [0.1, 0.15) is 0 Å². The minimum absolute atomic E-state index is 0.360. The highest BCUT2D eigenvalue weighted by atomic mass is 32.1. The first-order chi connectivity index (χ1) is 7.69. The van der Waals surface area contributed by atoms with Crippen molar-refractivity contribution >= 4 is 22.3 Å². The normalized spacial score (nSPS) is 10.9. The molecule has 0 aliphatic carbocycles. The van der Waals surface area contributed by atoms with E-state index in [-0.39, 0.29) is 5.97 Å². The molecule has 2 heterocycles. The van der Waals surface area contributed by atoms with Crippen molar-refractivity contribution in [3.8, 4) is 0 Å².